The molecule has 0 N–H and O–H groups in total. The first kappa shape index (κ1) is 22.0. The van der Waals surface area contributed by atoms with Crippen molar-refractivity contribution in [1.82, 2.24) is 9.88 Å². The molecule has 0 aliphatic carbocycles. The predicted octanol–water partition coefficient (Wildman–Crippen LogP) is 2.53. The highest BCUT2D eigenvalue weighted by Crippen LogP contribution is 2.28. The SMILES string of the molecule is CCOC(=O)c1ccc(N2CCN(C(=O)c3ccc(OCC)c([N+](=O)[O-])c3)CC2)nc1. The number of amides is 1. The normalized spacial score (nSPS) is 13.6. The Kier molecular flexibility index (Phi) is 7.01. The van der Waals surface area contributed by atoms with Crippen molar-refractivity contribution < 1.29 is 24.0 Å². The number of nitrogens with zero attached hydrogens (tertiary/aromatic N) is 4. The summed E-state index contributed by atoms with van der Waals surface area (Å²) in [4.78, 5) is 43.3. The standard InChI is InChI=1S/C21H24N4O6/c1-3-30-18-7-5-15(13-17(18)25(28)29)20(26)24-11-9-23(10-12-24)19-8-6-16(14-22-19)21(27)31-4-2/h5-8,13-14H,3-4,9-12H2,1-2H3. The van der Waals surface area contributed by atoms with E-state index in [1.165, 1.54) is 18.3 Å². The minimum absolute atomic E-state index is 0.145. The summed E-state index contributed by atoms with van der Waals surface area (Å²) in [5, 5.41) is 11.3. The molecule has 1 fully saturated rings. The van der Waals surface area contributed by atoms with Gasteiger partial charge in [-0.1, -0.05) is 0 Å². The van der Waals surface area contributed by atoms with Gasteiger partial charge in [-0.05, 0) is 38.1 Å². The molecule has 0 radical (unpaired) electrons. The highest BCUT2D eigenvalue weighted by Gasteiger charge is 2.25. The molecule has 0 saturated carbocycles. The zero-order valence-electron chi connectivity index (χ0n) is 17.4. The van der Waals surface area contributed by atoms with Crippen LogP contribution in [0.15, 0.2) is 36.5 Å². The van der Waals surface area contributed by atoms with Crippen LogP contribution >= 0.6 is 0 Å². The van der Waals surface area contributed by atoms with Crippen LogP contribution in [0.25, 0.3) is 0 Å². The Bertz CT molecular complexity index is 955. The minimum atomic E-state index is -0.550. The van der Waals surface area contributed by atoms with Crippen LogP contribution in [-0.2, 0) is 4.74 Å². The number of benzene rings is 1. The molecule has 164 valence electrons. The molecule has 1 aromatic carbocycles. The molecule has 0 unspecified atom stereocenters. The van der Waals surface area contributed by atoms with Gasteiger partial charge in [0.05, 0.1) is 23.7 Å². The van der Waals surface area contributed by atoms with E-state index < -0.39 is 10.9 Å². The molecule has 1 amide bonds. The van der Waals surface area contributed by atoms with Crippen LogP contribution in [0.2, 0.25) is 0 Å². The summed E-state index contributed by atoms with van der Waals surface area (Å²) >= 11 is 0. The van der Waals surface area contributed by atoms with Gasteiger partial charge in [0, 0.05) is 44.0 Å². The molecule has 1 aliphatic rings. The van der Waals surface area contributed by atoms with E-state index in [9.17, 15) is 19.7 Å². The van der Waals surface area contributed by atoms with Crippen molar-refractivity contribution in [3.05, 3.63) is 57.8 Å². The molecule has 31 heavy (non-hydrogen) atoms. The van der Waals surface area contributed by atoms with E-state index in [2.05, 4.69) is 4.98 Å². The van der Waals surface area contributed by atoms with Crippen molar-refractivity contribution in [1.29, 1.82) is 0 Å². The minimum Gasteiger partial charge on any atom is -0.487 e. The second kappa shape index (κ2) is 9.88. The summed E-state index contributed by atoms with van der Waals surface area (Å²) in [7, 11) is 0. The fourth-order valence-electron chi connectivity index (χ4n) is 3.30. The van der Waals surface area contributed by atoms with Crippen molar-refractivity contribution in [2.45, 2.75) is 13.8 Å². The number of pyridine rings is 1. The first-order valence-corrected chi connectivity index (χ1v) is 10.0. The molecule has 1 aliphatic heterocycles. The molecular formula is C21H24N4O6. The monoisotopic (exact) mass is 428 g/mol. The van der Waals surface area contributed by atoms with Crippen molar-refractivity contribution in [3.8, 4) is 5.75 Å². The molecule has 3 rings (SSSR count). The molecule has 10 nitrogen and oxygen atoms in total. The quantitative estimate of drug-likeness (QED) is 0.375. The fourth-order valence-corrected chi connectivity index (χ4v) is 3.30. The highest BCUT2D eigenvalue weighted by molar-refractivity contribution is 5.95. The van der Waals surface area contributed by atoms with Gasteiger partial charge in [0.25, 0.3) is 5.91 Å². The number of esters is 1. The van der Waals surface area contributed by atoms with Crippen LogP contribution in [0.4, 0.5) is 11.5 Å². The van der Waals surface area contributed by atoms with E-state index in [0.29, 0.717) is 50.8 Å². The van der Waals surface area contributed by atoms with Gasteiger partial charge in [0.2, 0.25) is 0 Å². The molecular weight excluding hydrogens is 404 g/mol. The first-order valence-electron chi connectivity index (χ1n) is 10.0. The van der Waals surface area contributed by atoms with Crippen LogP contribution in [0.5, 0.6) is 5.75 Å². The van der Waals surface area contributed by atoms with Gasteiger partial charge >= 0.3 is 11.7 Å². The van der Waals surface area contributed by atoms with Gasteiger partial charge in [-0.2, -0.15) is 0 Å². The van der Waals surface area contributed by atoms with Gasteiger partial charge in [-0.15, -0.1) is 0 Å². The Morgan fingerprint density at radius 3 is 2.35 bits per heavy atom. The number of nitro benzene ring substituents is 1. The Balaban J connectivity index is 1.64. The average molecular weight is 428 g/mol. The summed E-state index contributed by atoms with van der Waals surface area (Å²) in [5.74, 6) is 0.167. The summed E-state index contributed by atoms with van der Waals surface area (Å²) in [6.07, 6.45) is 1.48. The average Bonchev–Trinajstić information content (AvgIpc) is 2.79. The van der Waals surface area contributed by atoms with Gasteiger partial charge in [-0.3, -0.25) is 14.9 Å². The lowest BCUT2D eigenvalue weighted by atomic mass is 10.1. The summed E-state index contributed by atoms with van der Waals surface area (Å²) in [5.41, 5.74) is 0.411. The number of hydrogen-bond donors (Lipinski definition) is 0. The van der Waals surface area contributed by atoms with Crippen molar-refractivity contribution in [2.24, 2.45) is 0 Å². The molecule has 10 heteroatoms. The second-order valence-electron chi connectivity index (χ2n) is 6.78. The van der Waals surface area contributed by atoms with E-state index in [1.807, 2.05) is 4.90 Å². The van der Waals surface area contributed by atoms with Gasteiger partial charge in [-0.25, -0.2) is 9.78 Å². The maximum absolute atomic E-state index is 12.8. The predicted molar refractivity (Wildman–Crippen MR) is 113 cm³/mol. The van der Waals surface area contributed by atoms with Crippen LogP contribution in [-0.4, -0.2) is 66.1 Å². The number of carbonyl (C=O) groups is 2. The van der Waals surface area contributed by atoms with Gasteiger partial charge in [0.15, 0.2) is 5.75 Å². The second-order valence-corrected chi connectivity index (χ2v) is 6.78. The topological polar surface area (TPSA) is 115 Å². The van der Waals surface area contributed by atoms with Crippen LogP contribution in [0.1, 0.15) is 34.6 Å². The van der Waals surface area contributed by atoms with E-state index in [0.717, 1.165) is 0 Å². The zero-order chi connectivity index (χ0) is 22.4. The largest absolute Gasteiger partial charge is 0.487 e. The lowest BCUT2D eigenvalue weighted by Gasteiger charge is -2.35. The van der Waals surface area contributed by atoms with E-state index in [1.54, 1.807) is 36.9 Å². The smallest absolute Gasteiger partial charge is 0.339 e. The number of aromatic nitrogens is 1. The van der Waals surface area contributed by atoms with Crippen molar-refractivity contribution in [3.63, 3.8) is 0 Å². The summed E-state index contributed by atoms with van der Waals surface area (Å²) < 4.78 is 10.2. The number of ether oxygens (including phenoxy) is 2. The maximum atomic E-state index is 12.8. The summed E-state index contributed by atoms with van der Waals surface area (Å²) in [6.45, 7) is 6.07. The molecule has 0 spiro atoms. The highest BCUT2D eigenvalue weighted by atomic mass is 16.6. The molecule has 2 heterocycles. The van der Waals surface area contributed by atoms with Crippen LogP contribution in [0.3, 0.4) is 0 Å². The third-order valence-corrected chi connectivity index (χ3v) is 4.85. The molecule has 0 atom stereocenters. The number of rotatable bonds is 7. The van der Waals surface area contributed by atoms with E-state index >= 15 is 0 Å². The van der Waals surface area contributed by atoms with Gasteiger partial charge in [0.1, 0.15) is 5.82 Å². The van der Waals surface area contributed by atoms with Crippen LogP contribution < -0.4 is 9.64 Å². The van der Waals surface area contributed by atoms with E-state index in [-0.39, 0.29) is 22.9 Å². The van der Waals surface area contributed by atoms with E-state index in [4.69, 9.17) is 9.47 Å². The fraction of sp³-hybridized carbons (Fsp3) is 0.381. The molecule has 1 aromatic heterocycles. The molecule has 0 bridgehead atoms. The van der Waals surface area contributed by atoms with Crippen molar-refractivity contribution >= 4 is 23.4 Å². The number of piperazine rings is 1. The number of nitro groups is 1. The first-order chi connectivity index (χ1) is 14.9. The number of carbonyl (C=O) groups excluding carboxylic acids is 2. The Morgan fingerprint density at radius 1 is 1.06 bits per heavy atom. The number of anilines is 1. The molecule has 1 saturated heterocycles. The maximum Gasteiger partial charge on any atom is 0.339 e. The Morgan fingerprint density at radius 2 is 1.77 bits per heavy atom. The van der Waals surface area contributed by atoms with Crippen molar-refractivity contribution in [2.75, 3.05) is 44.3 Å². The van der Waals surface area contributed by atoms with Crippen LogP contribution in [0, 0.1) is 10.1 Å². The zero-order valence-corrected chi connectivity index (χ0v) is 17.4. The number of hydrogen-bond acceptors (Lipinski definition) is 8. The third-order valence-electron chi connectivity index (χ3n) is 4.85. The molecule has 2 aromatic rings. The Labute approximate surface area is 179 Å². The lowest BCUT2D eigenvalue weighted by Crippen LogP contribution is -2.49. The van der Waals surface area contributed by atoms with Gasteiger partial charge < -0.3 is 19.3 Å². The third kappa shape index (κ3) is 5.08. The summed E-state index contributed by atoms with van der Waals surface area (Å²) in [6, 6.07) is 7.67. The lowest BCUT2D eigenvalue weighted by molar-refractivity contribution is -0.385. The Hall–Kier alpha value is -3.69.